The number of nitrogens with one attached hydrogen (secondary N) is 1. The van der Waals surface area contributed by atoms with Gasteiger partial charge in [-0.25, -0.2) is 0 Å². The Hall–Kier alpha value is -1.26. The Morgan fingerprint density at radius 1 is 1.47 bits per heavy atom. The monoisotopic (exact) mass is 282 g/mol. The standard InChI is InChI=1S/C14H19ClN2O2/c15-13-11(3-1-4-12(13)16)14(18)17-7-2-8-19-9-10-5-6-10/h1,3-4,10H,2,5-9,16H2,(H,17,18). The van der Waals surface area contributed by atoms with Crippen molar-refractivity contribution >= 4 is 23.2 Å². The van der Waals surface area contributed by atoms with Crippen molar-refractivity contribution in [2.45, 2.75) is 19.3 Å². The van der Waals surface area contributed by atoms with Crippen molar-refractivity contribution in [2.75, 3.05) is 25.5 Å². The van der Waals surface area contributed by atoms with Crippen LogP contribution in [0.5, 0.6) is 0 Å². The molecule has 1 aliphatic rings. The van der Waals surface area contributed by atoms with Gasteiger partial charge >= 0.3 is 0 Å². The van der Waals surface area contributed by atoms with Crippen LogP contribution in [0.2, 0.25) is 5.02 Å². The summed E-state index contributed by atoms with van der Waals surface area (Å²) >= 11 is 5.98. The molecule has 1 aromatic carbocycles. The Labute approximate surface area is 118 Å². The molecule has 0 heterocycles. The van der Waals surface area contributed by atoms with Crippen LogP contribution in [0.1, 0.15) is 29.6 Å². The lowest BCUT2D eigenvalue weighted by Gasteiger charge is -2.08. The van der Waals surface area contributed by atoms with Gasteiger partial charge in [0.15, 0.2) is 0 Å². The van der Waals surface area contributed by atoms with Crippen LogP contribution in [0, 0.1) is 5.92 Å². The summed E-state index contributed by atoms with van der Waals surface area (Å²) in [6.07, 6.45) is 3.40. The molecule has 2 rings (SSSR count). The minimum absolute atomic E-state index is 0.195. The van der Waals surface area contributed by atoms with E-state index < -0.39 is 0 Å². The van der Waals surface area contributed by atoms with Gasteiger partial charge in [-0.05, 0) is 37.3 Å². The van der Waals surface area contributed by atoms with Crippen molar-refractivity contribution in [3.05, 3.63) is 28.8 Å². The topological polar surface area (TPSA) is 64.4 Å². The number of hydrogen-bond donors (Lipinski definition) is 2. The van der Waals surface area contributed by atoms with E-state index in [4.69, 9.17) is 22.1 Å². The molecule has 0 saturated heterocycles. The van der Waals surface area contributed by atoms with Crippen molar-refractivity contribution in [1.82, 2.24) is 5.32 Å². The number of carbonyl (C=O) groups is 1. The molecular formula is C14H19ClN2O2. The summed E-state index contributed by atoms with van der Waals surface area (Å²) in [6, 6.07) is 5.05. The third kappa shape index (κ3) is 4.40. The van der Waals surface area contributed by atoms with Crippen LogP contribution < -0.4 is 11.1 Å². The van der Waals surface area contributed by atoms with Crippen molar-refractivity contribution in [3.63, 3.8) is 0 Å². The fourth-order valence-corrected chi connectivity index (χ4v) is 1.94. The van der Waals surface area contributed by atoms with Crippen LogP contribution >= 0.6 is 11.6 Å². The Kier molecular flexibility index (Phi) is 5.05. The molecule has 0 radical (unpaired) electrons. The van der Waals surface area contributed by atoms with E-state index in [1.54, 1.807) is 18.2 Å². The average Bonchev–Trinajstić information content (AvgIpc) is 3.20. The molecule has 0 spiro atoms. The average molecular weight is 283 g/mol. The summed E-state index contributed by atoms with van der Waals surface area (Å²) in [4.78, 5) is 11.9. The Bertz CT molecular complexity index is 447. The number of ether oxygens (including phenoxy) is 1. The molecular weight excluding hydrogens is 264 g/mol. The molecule has 1 saturated carbocycles. The van der Waals surface area contributed by atoms with Crippen LogP contribution in [0.25, 0.3) is 0 Å². The summed E-state index contributed by atoms with van der Waals surface area (Å²) in [5.74, 6) is 0.584. The van der Waals surface area contributed by atoms with Gasteiger partial charge in [-0.1, -0.05) is 17.7 Å². The Morgan fingerprint density at radius 2 is 2.26 bits per heavy atom. The normalized spacial score (nSPS) is 14.4. The largest absolute Gasteiger partial charge is 0.398 e. The van der Waals surface area contributed by atoms with Crippen molar-refractivity contribution in [2.24, 2.45) is 5.92 Å². The lowest BCUT2D eigenvalue weighted by Crippen LogP contribution is -2.25. The summed E-state index contributed by atoms with van der Waals surface area (Å²) in [5.41, 5.74) is 6.49. The van der Waals surface area contributed by atoms with E-state index in [9.17, 15) is 4.79 Å². The van der Waals surface area contributed by atoms with Gasteiger partial charge in [0, 0.05) is 19.8 Å². The first-order valence-electron chi connectivity index (χ1n) is 6.58. The zero-order valence-corrected chi connectivity index (χ0v) is 11.6. The molecule has 5 heteroatoms. The number of rotatable bonds is 7. The number of benzene rings is 1. The minimum Gasteiger partial charge on any atom is -0.398 e. The fourth-order valence-electron chi connectivity index (χ4n) is 1.73. The second kappa shape index (κ2) is 6.78. The van der Waals surface area contributed by atoms with E-state index in [1.165, 1.54) is 12.8 Å². The number of nitrogen functional groups attached to an aromatic ring is 1. The maximum absolute atomic E-state index is 11.9. The summed E-state index contributed by atoms with van der Waals surface area (Å²) in [5, 5.41) is 3.12. The van der Waals surface area contributed by atoms with Crippen molar-refractivity contribution in [3.8, 4) is 0 Å². The lowest BCUT2D eigenvalue weighted by molar-refractivity contribution is 0.0937. The highest BCUT2D eigenvalue weighted by atomic mass is 35.5. The zero-order chi connectivity index (χ0) is 13.7. The fraction of sp³-hybridized carbons (Fsp3) is 0.500. The summed E-state index contributed by atoms with van der Waals surface area (Å²) in [6.45, 7) is 2.12. The van der Waals surface area contributed by atoms with E-state index in [1.807, 2.05) is 0 Å². The number of hydrogen-bond acceptors (Lipinski definition) is 3. The van der Waals surface area contributed by atoms with Gasteiger partial charge in [-0.3, -0.25) is 4.79 Å². The molecule has 0 bridgehead atoms. The quantitative estimate of drug-likeness (QED) is 0.596. The van der Waals surface area contributed by atoms with Crippen LogP contribution in [-0.2, 0) is 4.74 Å². The predicted octanol–water partition coefficient (Wildman–Crippen LogP) is 2.47. The molecule has 104 valence electrons. The number of carbonyl (C=O) groups excluding carboxylic acids is 1. The minimum atomic E-state index is -0.195. The van der Waals surface area contributed by atoms with Gasteiger partial charge in [0.2, 0.25) is 0 Å². The molecule has 4 nitrogen and oxygen atoms in total. The highest BCUT2D eigenvalue weighted by Crippen LogP contribution is 2.28. The summed E-state index contributed by atoms with van der Waals surface area (Å²) in [7, 11) is 0. The van der Waals surface area contributed by atoms with Crippen LogP contribution in [0.15, 0.2) is 18.2 Å². The molecule has 1 aromatic rings. The van der Waals surface area contributed by atoms with E-state index >= 15 is 0 Å². The molecule has 0 aliphatic heterocycles. The van der Waals surface area contributed by atoms with Crippen LogP contribution in [0.4, 0.5) is 5.69 Å². The highest BCUT2D eigenvalue weighted by molar-refractivity contribution is 6.36. The highest BCUT2D eigenvalue weighted by Gasteiger charge is 2.20. The Balaban J connectivity index is 1.67. The molecule has 0 atom stereocenters. The summed E-state index contributed by atoms with van der Waals surface area (Å²) < 4.78 is 5.49. The van der Waals surface area contributed by atoms with Gasteiger partial charge in [0.1, 0.15) is 0 Å². The molecule has 1 fully saturated rings. The third-order valence-electron chi connectivity index (χ3n) is 3.07. The lowest BCUT2D eigenvalue weighted by atomic mass is 10.2. The van der Waals surface area contributed by atoms with Crippen LogP contribution in [-0.4, -0.2) is 25.7 Å². The molecule has 3 N–H and O–H groups in total. The first kappa shape index (κ1) is 14.2. The van der Waals surface area contributed by atoms with Gasteiger partial charge < -0.3 is 15.8 Å². The molecule has 0 unspecified atom stereocenters. The first-order chi connectivity index (χ1) is 9.18. The van der Waals surface area contributed by atoms with E-state index in [0.717, 1.165) is 18.9 Å². The predicted molar refractivity (Wildman–Crippen MR) is 76.4 cm³/mol. The molecule has 1 amide bonds. The second-order valence-electron chi connectivity index (χ2n) is 4.84. The number of nitrogens with two attached hydrogens (primary N) is 1. The van der Waals surface area contributed by atoms with E-state index in [-0.39, 0.29) is 5.91 Å². The van der Waals surface area contributed by atoms with E-state index in [0.29, 0.717) is 29.4 Å². The molecule has 0 aromatic heterocycles. The van der Waals surface area contributed by atoms with Gasteiger partial charge in [0.05, 0.1) is 16.3 Å². The number of halogens is 1. The maximum atomic E-state index is 11.9. The van der Waals surface area contributed by atoms with Gasteiger partial charge in [-0.15, -0.1) is 0 Å². The zero-order valence-electron chi connectivity index (χ0n) is 10.8. The first-order valence-corrected chi connectivity index (χ1v) is 6.96. The van der Waals surface area contributed by atoms with Crippen molar-refractivity contribution < 1.29 is 9.53 Å². The van der Waals surface area contributed by atoms with Crippen molar-refractivity contribution in [1.29, 1.82) is 0 Å². The second-order valence-corrected chi connectivity index (χ2v) is 5.21. The molecule has 1 aliphatic carbocycles. The molecule has 19 heavy (non-hydrogen) atoms. The van der Waals surface area contributed by atoms with E-state index in [2.05, 4.69) is 5.32 Å². The van der Waals surface area contributed by atoms with Gasteiger partial charge in [0.25, 0.3) is 5.91 Å². The van der Waals surface area contributed by atoms with Crippen LogP contribution in [0.3, 0.4) is 0 Å². The number of anilines is 1. The maximum Gasteiger partial charge on any atom is 0.252 e. The number of amides is 1. The van der Waals surface area contributed by atoms with Gasteiger partial charge in [-0.2, -0.15) is 0 Å². The SMILES string of the molecule is Nc1cccc(C(=O)NCCCOCC2CC2)c1Cl. The third-order valence-corrected chi connectivity index (χ3v) is 3.50. The Morgan fingerprint density at radius 3 is 3.00 bits per heavy atom. The smallest absolute Gasteiger partial charge is 0.252 e.